The molecule has 6 nitrogen and oxygen atoms in total. The van der Waals surface area contributed by atoms with Gasteiger partial charge in [0.2, 0.25) is 0 Å². The van der Waals surface area contributed by atoms with Crippen molar-refractivity contribution in [1.82, 2.24) is 5.43 Å². The first-order chi connectivity index (χ1) is 10.9. The quantitative estimate of drug-likeness (QED) is 0.446. The second kappa shape index (κ2) is 7.21. The summed E-state index contributed by atoms with van der Waals surface area (Å²) in [7, 11) is 1.45. The Kier molecular flexibility index (Phi) is 5.31. The lowest BCUT2D eigenvalue weighted by Gasteiger charge is -2.07. The Balaban J connectivity index is 2.15. The van der Waals surface area contributed by atoms with Gasteiger partial charge in [0.1, 0.15) is 5.75 Å². The van der Waals surface area contributed by atoms with Crippen molar-refractivity contribution in [3.8, 4) is 17.2 Å². The van der Waals surface area contributed by atoms with Gasteiger partial charge < -0.3 is 14.9 Å². The lowest BCUT2D eigenvalue weighted by Crippen LogP contribution is -2.17. The molecule has 0 saturated heterocycles. The molecule has 0 bridgehead atoms. The van der Waals surface area contributed by atoms with E-state index < -0.39 is 11.7 Å². The Labute approximate surface area is 141 Å². The molecule has 0 fully saturated rings. The van der Waals surface area contributed by atoms with Gasteiger partial charge >= 0.3 is 0 Å². The van der Waals surface area contributed by atoms with Gasteiger partial charge in [0, 0.05) is 16.1 Å². The van der Waals surface area contributed by atoms with Crippen LogP contribution in [0.3, 0.4) is 0 Å². The zero-order chi connectivity index (χ0) is 17.0. The number of hydrazone groups is 1. The Hall–Kier alpha value is -2.44. The highest BCUT2D eigenvalue weighted by Gasteiger charge is 2.10. The highest BCUT2D eigenvalue weighted by atomic mass is 35.5. The normalized spacial score (nSPS) is 10.7. The molecule has 0 aliphatic rings. The smallest absolute Gasteiger partial charge is 0.271 e. The van der Waals surface area contributed by atoms with Crippen molar-refractivity contribution < 1.29 is 19.7 Å². The first-order valence-corrected chi connectivity index (χ1v) is 7.06. The lowest BCUT2D eigenvalue weighted by molar-refractivity contribution is 0.0954. The minimum Gasteiger partial charge on any atom is -0.504 e. The molecule has 0 radical (unpaired) electrons. The third kappa shape index (κ3) is 4.06. The second-order valence-electron chi connectivity index (χ2n) is 4.41. The number of rotatable bonds is 4. The summed E-state index contributed by atoms with van der Waals surface area (Å²) in [5.41, 5.74) is 2.90. The van der Waals surface area contributed by atoms with E-state index in [0.29, 0.717) is 21.4 Å². The molecular formula is C15H12Cl2N2O4. The molecular weight excluding hydrogens is 343 g/mol. The topological polar surface area (TPSA) is 91.2 Å². The molecule has 0 atom stereocenters. The van der Waals surface area contributed by atoms with Crippen LogP contribution in [0.2, 0.25) is 10.0 Å². The van der Waals surface area contributed by atoms with Gasteiger partial charge in [-0.25, -0.2) is 5.43 Å². The van der Waals surface area contributed by atoms with Gasteiger partial charge in [0.15, 0.2) is 11.5 Å². The third-order valence-corrected chi connectivity index (χ3v) is 3.35. The minimum absolute atomic E-state index is 0.133. The monoisotopic (exact) mass is 354 g/mol. The molecule has 2 aromatic rings. The van der Waals surface area contributed by atoms with E-state index in [-0.39, 0.29) is 11.3 Å². The average Bonchev–Trinajstić information content (AvgIpc) is 2.49. The van der Waals surface area contributed by atoms with Crippen molar-refractivity contribution >= 4 is 35.3 Å². The molecule has 0 heterocycles. The SMILES string of the molecule is COc1c(Cl)cc(Cl)cc1/C=N/NC(=O)c1ccc(O)c(O)c1. The number of hydrogen-bond donors (Lipinski definition) is 3. The van der Waals surface area contributed by atoms with Gasteiger partial charge in [-0.15, -0.1) is 0 Å². The van der Waals surface area contributed by atoms with Crippen LogP contribution in [0.5, 0.6) is 17.2 Å². The number of ether oxygens (including phenoxy) is 1. The summed E-state index contributed by atoms with van der Waals surface area (Å²) in [5.74, 6) is -0.909. The number of phenols is 2. The molecule has 0 aliphatic carbocycles. The second-order valence-corrected chi connectivity index (χ2v) is 5.26. The van der Waals surface area contributed by atoms with Crippen molar-refractivity contribution in [1.29, 1.82) is 0 Å². The molecule has 120 valence electrons. The summed E-state index contributed by atoms with van der Waals surface area (Å²) >= 11 is 11.9. The van der Waals surface area contributed by atoms with Crippen molar-refractivity contribution in [2.75, 3.05) is 7.11 Å². The summed E-state index contributed by atoms with van der Waals surface area (Å²) in [6.07, 6.45) is 1.33. The van der Waals surface area contributed by atoms with Crippen LogP contribution in [-0.2, 0) is 0 Å². The number of amides is 1. The van der Waals surface area contributed by atoms with Crippen LogP contribution in [-0.4, -0.2) is 29.4 Å². The number of nitrogens with one attached hydrogen (secondary N) is 1. The molecule has 0 spiro atoms. The summed E-state index contributed by atoms with van der Waals surface area (Å²) in [4.78, 5) is 11.9. The lowest BCUT2D eigenvalue weighted by atomic mass is 10.2. The van der Waals surface area contributed by atoms with Crippen molar-refractivity contribution in [3.63, 3.8) is 0 Å². The fourth-order valence-electron chi connectivity index (χ4n) is 1.78. The van der Waals surface area contributed by atoms with Crippen LogP contribution in [0.15, 0.2) is 35.4 Å². The number of methoxy groups -OCH3 is 1. The number of phenolic OH excluding ortho intramolecular Hbond substituents is 2. The van der Waals surface area contributed by atoms with E-state index in [4.69, 9.17) is 27.9 Å². The summed E-state index contributed by atoms with van der Waals surface area (Å²) in [5, 5.41) is 23.1. The molecule has 1 amide bonds. The van der Waals surface area contributed by atoms with Crippen LogP contribution in [0.25, 0.3) is 0 Å². The number of benzene rings is 2. The molecule has 0 unspecified atom stereocenters. The van der Waals surface area contributed by atoms with Gasteiger partial charge in [-0.2, -0.15) is 5.10 Å². The van der Waals surface area contributed by atoms with Crippen molar-refractivity contribution in [3.05, 3.63) is 51.5 Å². The van der Waals surface area contributed by atoms with E-state index in [1.54, 1.807) is 6.07 Å². The van der Waals surface area contributed by atoms with E-state index in [9.17, 15) is 15.0 Å². The van der Waals surface area contributed by atoms with Crippen LogP contribution >= 0.6 is 23.2 Å². The van der Waals surface area contributed by atoms with E-state index >= 15 is 0 Å². The summed E-state index contributed by atoms with van der Waals surface area (Å²) in [6.45, 7) is 0. The van der Waals surface area contributed by atoms with Gasteiger partial charge in [-0.05, 0) is 30.3 Å². The zero-order valence-electron chi connectivity index (χ0n) is 11.9. The number of carbonyl (C=O) groups is 1. The van der Waals surface area contributed by atoms with E-state index in [1.807, 2.05) is 0 Å². The van der Waals surface area contributed by atoms with Crippen molar-refractivity contribution in [2.24, 2.45) is 5.10 Å². The fourth-order valence-corrected chi connectivity index (χ4v) is 2.37. The van der Waals surface area contributed by atoms with Gasteiger partial charge in [0.25, 0.3) is 5.91 Å². The standard InChI is InChI=1S/C15H12Cl2N2O4/c1-23-14-9(4-10(16)6-11(14)17)7-18-19-15(22)8-2-3-12(20)13(21)5-8/h2-7,20-21H,1H3,(H,19,22)/b18-7+. The Morgan fingerprint density at radius 3 is 2.61 bits per heavy atom. The summed E-state index contributed by atoms with van der Waals surface area (Å²) in [6, 6.07) is 6.77. The van der Waals surface area contributed by atoms with Crippen LogP contribution in [0.4, 0.5) is 0 Å². The Morgan fingerprint density at radius 1 is 1.22 bits per heavy atom. The molecule has 23 heavy (non-hydrogen) atoms. The first-order valence-electron chi connectivity index (χ1n) is 6.30. The predicted octanol–water partition coefficient (Wildman–Crippen LogP) is 3.18. The molecule has 2 rings (SSSR count). The largest absolute Gasteiger partial charge is 0.504 e. The van der Waals surface area contributed by atoms with E-state index in [2.05, 4.69) is 10.5 Å². The highest BCUT2D eigenvalue weighted by Crippen LogP contribution is 2.31. The molecule has 0 saturated carbocycles. The van der Waals surface area contributed by atoms with Gasteiger partial charge in [0.05, 0.1) is 18.3 Å². The minimum atomic E-state index is -0.566. The Bertz CT molecular complexity index is 778. The average molecular weight is 355 g/mol. The number of aromatic hydroxyl groups is 2. The maximum Gasteiger partial charge on any atom is 0.271 e. The van der Waals surface area contributed by atoms with Gasteiger partial charge in [-0.3, -0.25) is 4.79 Å². The molecule has 0 aliphatic heterocycles. The number of nitrogens with zero attached hydrogens (tertiary/aromatic N) is 1. The number of halogens is 2. The highest BCUT2D eigenvalue weighted by molar-refractivity contribution is 6.36. The van der Waals surface area contributed by atoms with E-state index in [1.165, 1.54) is 31.5 Å². The first kappa shape index (κ1) is 16.9. The Morgan fingerprint density at radius 2 is 1.96 bits per heavy atom. The number of hydrogen-bond acceptors (Lipinski definition) is 5. The molecule has 2 aromatic carbocycles. The zero-order valence-corrected chi connectivity index (χ0v) is 13.4. The predicted molar refractivity (Wildman–Crippen MR) is 87.8 cm³/mol. The third-order valence-electron chi connectivity index (χ3n) is 2.85. The van der Waals surface area contributed by atoms with Crippen LogP contribution in [0.1, 0.15) is 15.9 Å². The fraction of sp³-hybridized carbons (Fsp3) is 0.0667. The van der Waals surface area contributed by atoms with Gasteiger partial charge in [-0.1, -0.05) is 23.2 Å². The molecule has 3 N–H and O–H groups in total. The van der Waals surface area contributed by atoms with Crippen molar-refractivity contribution in [2.45, 2.75) is 0 Å². The number of carbonyl (C=O) groups excluding carboxylic acids is 1. The maximum atomic E-state index is 11.9. The molecule has 8 heteroatoms. The summed E-state index contributed by atoms with van der Waals surface area (Å²) < 4.78 is 5.15. The van der Waals surface area contributed by atoms with Crippen LogP contribution in [0, 0.1) is 0 Å². The maximum absolute atomic E-state index is 11.9. The molecule has 0 aromatic heterocycles. The van der Waals surface area contributed by atoms with Crippen LogP contribution < -0.4 is 10.2 Å². The van der Waals surface area contributed by atoms with E-state index in [0.717, 1.165) is 6.07 Å².